The Hall–Kier alpha value is -2.26. The quantitative estimate of drug-likeness (QED) is 0.777. The number of aromatic nitrogens is 2. The van der Waals surface area contributed by atoms with Gasteiger partial charge in [0.2, 0.25) is 15.9 Å². The van der Waals surface area contributed by atoms with Crippen LogP contribution in [0.15, 0.2) is 33.7 Å². The third-order valence-electron chi connectivity index (χ3n) is 5.40. The maximum absolute atomic E-state index is 13.0. The molecule has 0 spiro atoms. The molecule has 1 aromatic heterocycles. The zero-order valence-electron chi connectivity index (χ0n) is 15.9. The molecule has 1 unspecified atom stereocenters. The fourth-order valence-corrected chi connectivity index (χ4v) is 5.42. The van der Waals surface area contributed by atoms with E-state index < -0.39 is 10.0 Å². The van der Waals surface area contributed by atoms with E-state index in [2.05, 4.69) is 10.1 Å². The zero-order valence-corrected chi connectivity index (χ0v) is 16.7. The largest absolute Gasteiger partial charge is 0.337 e. The molecule has 8 nitrogen and oxygen atoms in total. The highest BCUT2D eigenvalue weighted by molar-refractivity contribution is 7.89. The molecule has 0 radical (unpaired) electrons. The predicted molar refractivity (Wildman–Crippen MR) is 101 cm³/mol. The number of piperidine rings is 1. The Bertz CT molecular complexity index is 949. The van der Waals surface area contributed by atoms with Crippen LogP contribution in [0.5, 0.6) is 0 Å². The van der Waals surface area contributed by atoms with E-state index in [0.29, 0.717) is 36.9 Å². The average molecular weight is 404 g/mol. The number of carbonyl (C=O) groups is 1. The summed E-state index contributed by atoms with van der Waals surface area (Å²) in [5.41, 5.74) is 0.459. The fraction of sp³-hybridized carbons (Fsp3) is 0.526. The first-order valence-corrected chi connectivity index (χ1v) is 11.1. The molecule has 0 N–H and O–H groups in total. The standard InChI is InChI=1S/C19H24N4O4S/c1-14-20-18(27-21-14)17-6-5-13-23(17)19(24)15-7-9-16(10-8-15)28(25,26)22-11-3-2-4-12-22/h7-10,17H,2-6,11-13H2,1H3. The van der Waals surface area contributed by atoms with E-state index in [1.54, 1.807) is 24.0 Å². The van der Waals surface area contributed by atoms with Crippen molar-refractivity contribution in [2.24, 2.45) is 0 Å². The number of carbonyl (C=O) groups excluding carboxylic acids is 1. The second kappa shape index (κ2) is 7.63. The van der Waals surface area contributed by atoms with Gasteiger partial charge in [-0.2, -0.15) is 9.29 Å². The number of nitrogens with zero attached hydrogens (tertiary/aromatic N) is 4. The third-order valence-corrected chi connectivity index (χ3v) is 7.31. The molecule has 2 aliphatic heterocycles. The van der Waals surface area contributed by atoms with Gasteiger partial charge in [-0.1, -0.05) is 11.6 Å². The Kier molecular flexibility index (Phi) is 5.20. The van der Waals surface area contributed by atoms with Gasteiger partial charge in [0, 0.05) is 25.2 Å². The van der Waals surface area contributed by atoms with Gasteiger partial charge in [0.1, 0.15) is 6.04 Å². The molecule has 4 rings (SSSR count). The number of benzene rings is 1. The number of likely N-dealkylation sites (tertiary alicyclic amines) is 1. The van der Waals surface area contributed by atoms with Crippen LogP contribution in [0.4, 0.5) is 0 Å². The highest BCUT2D eigenvalue weighted by atomic mass is 32.2. The first-order valence-electron chi connectivity index (χ1n) is 9.68. The lowest BCUT2D eigenvalue weighted by molar-refractivity contribution is 0.0710. The summed E-state index contributed by atoms with van der Waals surface area (Å²) in [5.74, 6) is 0.842. The molecule has 9 heteroatoms. The first kappa shape index (κ1) is 19.1. The molecular formula is C19H24N4O4S. The second-order valence-electron chi connectivity index (χ2n) is 7.33. The van der Waals surface area contributed by atoms with Gasteiger partial charge in [-0.05, 0) is 56.9 Å². The minimum atomic E-state index is -3.50. The minimum absolute atomic E-state index is 0.153. The topological polar surface area (TPSA) is 96.6 Å². The number of hydrogen-bond acceptors (Lipinski definition) is 6. The number of hydrogen-bond donors (Lipinski definition) is 0. The van der Waals surface area contributed by atoms with E-state index in [-0.39, 0.29) is 16.8 Å². The molecule has 1 atom stereocenters. The van der Waals surface area contributed by atoms with Crippen LogP contribution < -0.4 is 0 Å². The Labute approximate surface area is 164 Å². The molecule has 2 aliphatic rings. The van der Waals surface area contributed by atoms with Crippen molar-refractivity contribution in [1.29, 1.82) is 0 Å². The Morgan fingerprint density at radius 3 is 2.43 bits per heavy atom. The van der Waals surface area contributed by atoms with Crippen LogP contribution in [-0.2, 0) is 10.0 Å². The van der Waals surface area contributed by atoms with Crippen LogP contribution in [0.25, 0.3) is 0 Å². The van der Waals surface area contributed by atoms with E-state index in [4.69, 9.17) is 4.52 Å². The molecule has 1 aromatic carbocycles. The van der Waals surface area contributed by atoms with Crippen molar-refractivity contribution in [2.75, 3.05) is 19.6 Å². The second-order valence-corrected chi connectivity index (χ2v) is 9.26. The average Bonchev–Trinajstić information content (AvgIpc) is 3.37. The van der Waals surface area contributed by atoms with E-state index >= 15 is 0 Å². The van der Waals surface area contributed by atoms with Crippen molar-refractivity contribution in [1.82, 2.24) is 19.3 Å². The summed E-state index contributed by atoms with van der Waals surface area (Å²) in [4.78, 5) is 19.2. The normalized spacial score (nSPS) is 21.2. The highest BCUT2D eigenvalue weighted by Crippen LogP contribution is 2.32. The molecule has 0 bridgehead atoms. The third kappa shape index (κ3) is 3.56. The summed E-state index contributed by atoms with van der Waals surface area (Å²) in [6.07, 6.45) is 4.48. The molecule has 2 saturated heterocycles. The van der Waals surface area contributed by atoms with Gasteiger partial charge in [-0.15, -0.1) is 0 Å². The molecule has 0 aliphatic carbocycles. The van der Waals surface area contributed by atoms with Crippen LogP contribution in [0, 0.1) is 6.92 Å². The molecule has 3 heterocycles. The van der Waals surface area contributed by atoms with Gasteiger partial charge >= 0.3 is 0 Å². The Morgan fingerprint density at radius 2 is 1.79 bits per heavy atom. The molecule has 1 amide bonds. The smallest absolute Gasteiger partial charge is 0.254 e. The summed E-state index contributed by atoms with van der Waals surface area (Å²) in [6.45, 7) is 3.47. The highest BCUT2D eigenvalue weighted by Gasteiger charge is 2.34. The lowest BCUT2D eigenvalue weighted by atomic mass is 10.1. The van der Waals surface area contributed by atoms with Gasteiger partial charge in [0.25, 0.3) is 5.91 Å². The molecule has 2 fully saturated rings. The van der Waals surface area contributed by atoms with Crippen molar-refractivity contribution in [3.8, 4) is 0 Å². The predicted octanol–water partition coefficient (Wildman–Crippen LogP) is 2.53. The zero-order chi connectivity index (χ0) is 19.7. The van der Waals surface area contributed by atoms with Gasteiger partial charge in [0.05, 0.1) is 4.90 Å². The fourth-order valence-electron chi connectivity index (χ4n) is 3.90. The van der Waals surface area contributed by atoms with Crippen LogP contribution in [0.2, 0.25) is 0 Å². The van der Waals surface area contributed by atoms with Crippen LogP contribution in [-0.4, -0.2) is 53.3 Å². The van der Waals surface area contributed by atoms with Gasteiger partial charge in [-0.25, -0.2) is 8.42 Å². The van der Waals surface area contributed by atoms with Crippen molar-refractivity contribution in [3.05, 3.63) is 41.5 Å². The maximum Gasteiger partial charge on any atom is 0.254 e. The van der Waals surface area contributed by atoms with Crippen molar-refractivity contribution >= 4 is 15.9 Å². The van der Waals surface area contributed by atoms with Crippen molar-refractivity contribution < 1.29 is 17.7 Å². The monoisotopic (exact) mass is 404 g/mol. The number of rotatable bonds is 4. The molecular weight excluding hydrogens is 380 g/mol. The summed E-state index contributed by atoms with van der Waals surface area (Å²) < 4.78 is 32.3. The van der Waals surface area contributed by atoms with E-state index in [0.717, 1.165) is 32.1 Å². The van der Waals surface area contributed by atoms with Crippen LogP contribution in [0.3, 0.4) is 0 Å². The van der Waals surface area contributed by atoms with E-state index in [9.17, 15) is 13.2 Å². The molecule has 0 saturated carbocycles. The number of sulfonamides is 1. The van der Waals surface area contributed by atoms with E-state index in [1.807, 2.05) is 0 Å². The number of amides is 1. The van der Waals surface area contributed by atoms with Gasteiger partial charge < -0.3 is 9.42 Å². The van der Waals surface area contributed by atoms with Crippen LogP contribution in [0.1, 0.15) is 60.2 Å². The Balaban J connectivity index is 1.52. The van der Waals surface area contributed by atoms with Crippen molar-refractivity contribution in [3.63, 3.8) is 0 Å². The number of aryl methyl sites for hydroxylation is 1. The van der Waals surface area contributed by atoms with E-state index in [1.165, 1.54) is 16.4 Å². The first-order chi connectivity index (χ1) is 13.5. The SMILES string of the molecule is Cc1noc(C2CCCN2C(=O)c2ccc(S(=O)(=O)N3CCCCC3)cc2)n1. The summed E-state index contributed by atoms with van der Waals surface area (Å²) in [5, 5.41) is 3.82. The lowest BCUT2D eigenvalue weighted by Gasteiger charge is -2.26. The van der Waals surface area contributed by atoms with Gasteiger partial charge in [0.15, 0.2) is 5.82 Å². The summed E-state index contributed by atoms with van der Waals surface area (Å²) >= 11 is 0. The Morgan fingerprint density at radius 1 is 1.07 bits per heavy atom. The summed E-state index contributed by atoms with van der Waals surface area (Å²) in [7, 11) is -3.50. The molecule has 2 aromatic rings. The minimum Gasteiger partial charge on any atom is -0.337 e. The van der Waals surface area contributed by atoms with Crippen LogP contribution >= 0.6 is 0 Å². The molecule has 150 valence electrons. The van der Waals surface area contributed by atoms with Gasteiger partial charge in [-0.3, -0.25) is 4.79 Å². The van der Waals surface area contributed by atoms with Crippen molar-refractivity contribution in [2.45, 2.75) is 50.0 Å². The molecule has 28 heavy (non-hydrogen) atoms. The lowest BCUT2D eigenvalue weighted by Crippen LogP contribution is -2.35. The maximum atomic E-state index is 13.0. The summed E-state index contributed by atoms with van der Waals surface area (Å²) in [6, 6.07) is 6.00.